The number of phenolic OH excluding ortho intramolecular Hbond substituents is 1. The van der Waals surface area contributed by atoms with E-state index in [0.717, 1.165) is 5.56 Å². The van der Waals surface area contributed by atoms with E-state index in [1.165, 1.54) is 17.0 Å². The minimum Gasteiger partial charge on any atom is -0.508 e. The molecular weight excluding hydrogens is 456 g/mol. The molecule has 2 aromatic carbocycles. The summed E-state index contributed by atoms with van der Waals surface area (Å²) < 4.78 is 0. The highest BCUT2D eigenvalue weighted by molar-refractivity contribution is 6.03. The number of para-hydroxylation sites is 1. The molecule has 0 bridgehead atoms. The first-order chi connectivity index (χ1) is 17.3. The van der Waals surface area contributed by atoms with E-state index in [4.69, 9.17) is 0 Å². The number of benzene rings is 2. The molecule has 8 nitrogen and oxygen atoms in total. The number of aromatic nitrogens is 1. The van der Waals surface area contributed by atoms with E-state index in [1.807, 2.05) is 39.0 Å². The van der Waals surface area contributed by atoms with Crippen molar-refractivity contribution in [3.8, 4) is 5.75 Å². The topological polar surface area (TPSA) is 112 Å². The highest BCUT2D eigenvalue weighted by Gasteiger charge is 2.34. The number of amides is 3. The summed E-state index contributed by atoms with van der Waals surface area (Å²) in [5.74, 6) is -0.614. The lowest BCUT2D eigenvalue weighted by Gasteiger charge is -2.33. The number of phenols is 1. The maximum Gasteiger partial charge on any atom is 0.248 e. The summed E-state index contributed by atoms with van der Waals surface area (Å²) in [6.07, 6.45) is 2.03. The average Bonchev–Trinajstić information content (AvgIpc) is 2.86. The number of aryl methyl sites for hydroxylation is 1. The van der Waals surface area contributed by atoms with Crippen LogP contribution in [0.1, 0.15) is 50.8 Å². The predicted octanol–water partition coefficient (Wildman–Crippen LogP) is 4.37. The van der Waals surface area contributed by atoms with Crippen LogP contribution in [0.25, 0.3) is 0 Å². The third-order valence-electron chi connectivity index (χ3n) is 5.55. The van der Waals surface area contributed by atoms with Gasteiger partial charge in [0.1, 0.15) is 17.6 Å². The molecule has 188 valence electrons. The van der Waals surface area contributed by atoms with Gasteiger partial charge >= 0.3 is 0 Å². The molecular formula is C28H32N4O4. The predicted molar refractivity (Wildman–Crippen MR) is 140 cm³/mol. The second-order valence-corrected chi connectivity index (χ2v) is 8.67. The van der Waals surface area contributed by atoms with Crippen molar-refractivity contribution in [3.05, 3.63) is 84.1 Å². The molecule has 0 saturated heterocycles. The molecule has 0 fully saturated rings. The molecule has 0 spiro atoms. The summed E-state index contributed by atoms with van der Waals surface area (Å²) in [6.45, 7) is 5.67. The Labute approximate surface area is 211 Å². The van der Waals surface area contributed by atoms with E-state index in [2.05, 4.69) is 15.6 Å². The largest absolute Gasteiger partial charge is 0.508 e. The fraction of sp³-hybridized carbons (Fsp3) is 0.286. The smallest absolute Gasteiger partial charge is 0.248 e. The summed E-state index contributed by atoms with van der Waals surface area (Å²) in [5.41, 5.74) is 2.04. The lowest BCUT2D eigenvalue weighted by atomic mass is 9.99. The van der Waals surface area contributed by atoms with Crippen LogP contribution in [0.4, 0.5) is 11.5 Å². The Morgan fingerprint density at radius 2 is 1.64 bits per heavy atom. The molecule has 0 aliphatic rings. The first-order valence-electron chi connectivity index (χ1n) is 12.0. The van der Waals surface area contributed by atoms with Crippen molar-refractivity contribution >= 4 is 29.2 Å². The van der Waals surface area contributed by atoms with Gasteiger partial charge in [0, 0.05) is 30.8 Å². The standard InChI is InChI=1S/C28H32N4O4/c1-4-20-9-5-6-10-23(20)32(26(35)17-16-25(34)31-24-11-7-8-18-29-24)27(28(36)30-19(2)3)21-12-14-22(33)15-13-21/h5-15,18-19,27,33H,4,16-17H2,1-3H3,(H,30,36)(H,29,31,34)/t27-/m0/s1. The van der Waals surface area contributed by atoms with Crippen LogP contribution in [0.3, 0.4) is 0 Å². The van der Waals surface area contributed by atoms with E-state index >= 15 is 0 Å². The van der Waals surface area contributed by atoms with E-state index < -0.39 is 6.04 Å². The molecule has 0 radical (unpaired) electrons. The lowest BCUT2D eigenvalue weighted by Crippen LogP contribution is -2.46. The Morgan fingerprint density at radius 1 is 0.944 bits per heavy atom. The highest BCUT2D eigenvalue weighted by atomic mass is 16.3. The molecule has 8 heteroatoms. The summed E-state index contributed by atoms with van der Waals surface area (Å²) in [5, 5.41) is 15.4. The number of carbonyl (C=O) groups is 3. The first kappa shape index (κ1) is 26.4. The van der Waals surface area contributed by atoms with Gasteiger partial charge in [-0.1, -0.05) is 43.3 Å². The van der Waals surface area contributed by atoms with Gasteiger partial charge in [-0.3, -0.25) is 19.3 Å². The van der Waals surface area contributed by atoms with Crippen LogP contribution in [-0.2, 0) is 20.8 Å². The first-order valence-corrected chi connectivity index (χ1v) is 12.0. The number of carbonyl (C=O) groups excluding carboxylic acids is 3. The van der Waals surface area contributed by atoms with Crippen LogP contribution in [-0.4, -0.2) is 33.9 Å². The molecule has 3 N–H and O–H groups in total. The minimum absolute atomic E-state index is 0.0554. The zero-order chi connectivity index (χ0) is 26.1. The molecule has 1 aromatic heterocycles. The Hall–Kier alpha value is -4.20. The van der Waals surface area contributed by atoms with Gasteiger partial charge in [0.15, 0.2) is 0 Å². The quantitative estimate of drug-likeness (QED) is 0.392. The number of rotatable bonds is 10. The van der Waals surface area contributed by atoms with E-state index in [9.17, 15) is 19.5 Å². The normalized spacial score (nSPS) is 11.6. The van der Waals surface area contributed by atoms with Gasteiger partial charge in [0.2, 0.25) is 17.7 Å². The number of hydrogen-bond donors (Lipinski definition) is 3. The third kappa shape index (κ3) is 6.91. The van der Waals surface area contributed by atoms with Gasteiger partial charge < -0.3 is 15.7 Å². The van der Waals surface area contributed by atoms with Crippen LogP contribution < -0.4 is 15.5 Å². The van der Waals surface area contributed by atoms with Crippen LogP contribution >= 0.6 is 0 Å². The molecule has 1 atom stereocenters. The van der Waals surface area contributed by atoms with Gasteiger partial charge in [-0.15, -0.1) is 0 Å². The molecule has 0 aliphatic carbocycles. The van der Waals surface area contributed by atoms with Gasteiger partial charge in [-0.25, -0.2) is 4.98 Å². The van der Waals surface area contributed by atoms with Crippen LogP contribution in [0, 0.1) is 0 Å². The molecule has 36 heavy (non-hydrogen) atoms. The van der Waals surface area contributed by atoms with Crippen LogP contribution in [0.5, 0.6) is 5.75 Å². The maximum absolute atomic E-state index is 13.7. The number of hydrogen-bond acceptors (Lipinski definition) is 5. The molecule has 0 unspecified atom stereocenters. The summed E-state index contributed by atoms with van der Waals surface area (Å²) in [6, 6.07) is 17.7. The number of nitrogens with zero attached hydrogens (tertiary/aromatic N) is 2. The molecule has 1 heterocycles. The van der Waals surface area contributed by atoms with Crippen molar-refractivity contribution in [1.29, 1.82) is 0 Å². The fourth-order valence-electron chi connectivity index (χ4n) is 3.88. The monoisotopic (exact) mass is 488 g/mol. The molecule has 3 aromatic rings. The van der Waals surface area contributed by atoms with Crippen molar-refractivity contribution in [2.45, 2.75) is 52.1 Å². The minimum atomic E-state index is -0.993. The van der Waals surface area contributed by atoms with Gasteiger partial charge in [0.25, 0.3) is 0 Å². The number of pyridine rings is 1. The van der Waals surface area contributed by atoms with Crippen molar-refractivity contribution in [2.24, 2.45) is 0 Å². The van der Waals surface area contributed by atoms with Crippen LogP contribution in [0.2, 0.25) is 0 Å². The third-order valence-corrected chi connectivity index (χ3v) is 5.55. The molecule has 3 amide bonds. The summed E-state index contributed by atoms with van der Waals surface area (Å²) in [7, 11) is 0. The van der Waals surface area contributed by atoms with E-state index in [-0.39, 0.29) is 42.4 Å². The van der Waals surface area contributed by atoms with Gasteiger partial charge in [0.05, 0.1) is 0 Å². The molecule has 0 saturated carbocycles. The number of nitrogens with one attached hydrogen (secondary N) is 2. The van der Waals surface area contributed by atoms with Crippen molar-refractivity contribution in [3.63, 3.8) is 0 Å². The number of aromatic hydroxyl groups is 1. The van der Waals surface area contributed by atoms with Crippen molar-refractivity contribution < 1.29 is 19.5 Å². The highest BCUT2D eigenvalue weighted by Crippen LogP contribution is 2.32. The second kappa shape index (κ2) is 12.5. The maximum atomic E-state index is 13.7. The number of anilines is 2. The summed E-state index contributed by atoms with van der Waals surface area (Å²) >= 11 is 0. The zero-order valence-electron chi connectivity index (χ0n) is 20.8. The Bertz CT molecular complexity index is 1180. The Balaban J connectivity index is 1.97. The molecule has 3 rings (SSSR count). The van der Waals surface area contributed by atoms with Crippen LogP contribution in [0.15, 0.2) is 72.9 Å². The Kier molecular flexibility index (Phi) is 9.16. The SMILES string of the molecule is CCc1ccccc1N(C(=O)CCC(=O)Nc1ccccn1)[C@H](C(=O)NC(C)C)c1ccc(O)cc1. The zero-order valence-corrected chi connectivity index (χ0v) is 20.8. The van der Waals surface area contributed by atoms with E-state index in [1.54, 1.807) is 42.6 Å². The van der Waals surface area contributed by atoms with Gasteiger partial charge in [-0.05, 0) is 61.7 Å². The van der Waals surface area contributed by atoms with Crippen molar-refractivity contribution in [2.75, 3.05) is 10.2 Å². The molecule has 0 aliphatic heterocycles. The average molecular weight is 489 g/mol. The van der Waals surface area contributed by atoms with Gasteiger partial charge in [-0.2, -0.15) is 0 Å². The Morgan fingerprint density at radius 3 is 2.28 bits per heavy atom. The second-order valence-electron chi connectivity index (χ2n) is 8.67. The van der Waals surface area contributed by atoms with Crippen molar-refractivity contribution in [1.82, 2.24) is 10.3 Å². The summed E-state index contributed by atoms with van der Waals surface area (Å²) in [4.78, 5) is 45.3. The van der Waals surface area contributed by atoms with E-state index in [0.29, 0.717) is 23.5 Å². The lowest BCUT2D eigenvalue weighted by molar-refractivity contribution is -0.127. The fourth-order valence-corrected chi connectivity index (χ4v) is 3.88.